The van der Waals surface area contributed by atoms with E-state index in [0.29, 0.717) is 24.3 Å². The molecule has 4 atom stereocenters. The van der Waals surface area contributed by atoms with Crippen LogP contribution in [0.25, 0.3) is 10.9 Å². The van der Waals surface area contributed by atoms with Crippen LogP contribution in [0, 0.1) is 5.92 Å². The number of ether oxygens (including phenoxy) is 1. The molecule has 2 unspecified atom stereocenters. The van der Waals surface area contributed by atoms with Gasteiger partial charge in [-0.15, -0.1) is 0 Å². The summed E-state index contributed by atoms with van der Waals surface area (Å²) in [6.45, 7) is 1.18. The van der Waals surface area contributed by atoms with Gasteiger partial charge in [0.1, 0.15) is 12.6 Å². The second-order valence-corrected chi connectivity index (χ2v) is 8.45. The molecule has 5 heteroatoms. The molecule has 1 fully saturated rings. The van der Waals surface area contributed by atoms with Crippen molar-refractivity contribution in [3.63, 3.8) is 0 Å². The van der Waals surface area contributed by atoms with Crippen molar-refractivity contribution in [1.29, 1.82) is 0 Å². The summed E-state index contributed by atoms with van der Waals surface area (Å²) in [6.07, 6.45) is 4.91. The first-order valence-electron chi connectivity index (χ1n) is 10.5. The number of nitrogens with one attached hydrogen (secondary N) is 2. The predicted octanol–water partition coefficient (Wildman–Crippen LogP) is 3.25. The highest BCUT2D eigenvalue weighted by Gasteiger charge is 2.37. The number of nitrogens with two attached hydrogens (primary N) is 1. The highest BCUT2D eigenvalue weighted by Crippen LogP contribution is 2.42. The van der Waals surface area contributed by atoms with Crippen LogP contribution in [0.4, 0.5) is 0 Å². The summed E-state index contributed by atoms with van der Waals surface area (Å²) in [5.41, 5.74) is 11.2. The fraction of sp³-hybridized carbons (Fsp3) is 0.375. The van der Waals surface area contributed by atoms with E-state index in [1.54, 1.807) is 0 Å². The van der Waals surface area contributed by atoms with Gasteiger partial charge in [0.2, 0.25) is 0 Å². The van der Waals surface area contributed by atoms with Crippen LogP contribution >= 0.6 is 0 Å². The number of H-pyrrole nitrogens is 1. The molecular formula is C24H27N3O2. The lowest BCUT2D eigenvalue weighted by molar-refractivity contribution is -0.147. The molecule has 4 N–H and O–H groups in total. The number of aromatic amines is 1. The van der Waals surface area contributed by atoms with E-state index in [2.05, 4.69) is 34.7 Å². The van der Waals surface area contributed by atoms with Gasteiger partial charge >= 0.3 is 5.97 Å². The van der Waals surface area contributed by atoms with Gasteiger partial charge in [0, 0.05) is 29.1 Å². The van der Waals surface area contributed by atoms with Crippen LogP contribution in [0.1, 0.15) is 35.4 Å². The number of benzene rings is 2. The fourth-order valence-electron chi connectivity index (χ4n) is 5.09. The normalized spacial score (nSPS) is 24.1. The standard InChI is InChI=1S/C24H27N3O2/c25-20(24(28)29-14-15-5-2-1-3-6-15)10-16-9-19-18-7-4-8-21-23(18)17(13-27-21)11-22(19)26-12-16/h1-8,13,16,19-20,22,26-27H,9-12,14,25H2/t16?,19-,20?,22-/m1/s1. The summed E-state index contributed by atoms with van der Waals surface area (Å²) >= 11 is 0. The summed E-state index contributed by atoms with van der Waals surface area (Å²) in [4.78, 5) is 15.8. The van der Waals surface area contributed by atoms with Crippen LogP contribution in [0.15, 0.2) is 54.7 Å². The van der Waals surface area contributed by atoms with E-state index < -0.39 is 6.04 Å². The zero-order chi connectivity index (χ0) is 19.8. The van der Waals surface area contributed by atoms with Crippen molar-refractivity contribution in [2.24, 2.45) is 11.7 Å². The van der Waals surface area contributed by atoms with Crippen molar-refractivity contribution in [2.45, 2.75) is 43.9 Å². The van der Waals surface area contributed by atoms with Gasteiger partial charge in [0.25, 0.3) is 0 Å². The number of aromatic nitrogens is 1. The molecule has 1 saturated heterocycles. The van der Waals surface area contributed by atoms with Crippen LogP contribution in [0.3, 0.4) is 0 Å². The van der Waals surface area contributed by atoms with Crippen molar-refractivity contribution >= 4 is 16.9 Å². The molecule has 2 aliphatic rings. The van der Waals surface area contributed by atoms with Gasteiger partial charge in [-0.2, -0.15) is 0 Å². The molecule has 150 valence electrons. The number of fused-ring (bicyclic) bond motifs is 2. The molecule has 0 spiro atoms. The van der Waals surface area contributed by atoms with Crippen molar-refractivity contribution in [2.75, 3.05) is 6.54 Å². The van der Waals surface area contributed by atoms with E-state index >= 15 is 0 Å². The Kier molecular flexibility index (Phi) is 4.86. The van der Waals surface area contributed by atoms with Crippen molar-refractivity contribution in [1.82, 2.24) is 10.3 Å². The number of piperidine rings is 1. The minimum absolute atomic E-state index is 0.277. The van der Waals surface area contributed by atoms with Crippen LogP contribution in [-0.4, -0.2) is 29.6 Å². The van der Waals surface area contributed by atoms with Crippen molar-refractivity contribution in [3.05, 3.63) is 71.4 Å². The Hall–Kier alpha value is -2.63. The molecule has 2 heterocycles. The third-order valence-electron chi connectivity index (χ3n) is 6.51. The first-order chi connectivity index (χ1) is 14.2. The van der Waals surface area contributed by atoms with Crippen LogP contribution in [-0.2, 0) is 22.6 Å². The minimum atomic E-state index is -0.579. The highest BCUT2D eigenvalue weighted by molar-refractivity contribution is 5.88. The molecule has 1 aliphatic carbocycles. The summed E-state index contributed by atoms with van der Waals surface area (Å²) in [6, 6.07) is 16.1. The monoisotopic (exact) mass is 389 g/mol. The number of carbonyl (C=O) groups excluding carboxylic acids is 1. The maximum atomic E-state index is 12.4. The number of esters is 1. The lowest BCUT2D eigenvalue weighted by atomic mass is 9.72. The summed E-state index contributed by atoms with van der Waals surface area (Å²) in [5.74, 6) is 0.522. The third kappa shape index (κ3) is 3.56. The molecule has 0 bridgehead atoms. The lowest BCUT2D eigenvalue weighted by Crippen LogP contribution is -2.48. The summed E-state index contributed by atoms with van der Waals surface area (Å²) in [7, 11) is 0. The second kappa shape index (κ2) is 7.65. The molecule has 29 heavy (non-hydrogen) atoms. The van der Waals surface area contributed by atoms with Gasteiger partial charge in [-0.3, -0.25) is 4.79 Å². The Morgan fingerprint density at radius 3 is 2.90 bits per heavy atom. The largest absolute Gasteiger partial charge is 0.460 e. The van der Waals surface area contributed by atoms with Crippen LogP contribution in [0.5, 0.6) is 0 Å². The fourth-order valence-corrected chi connectivity index (χ4v) is 5.09. The molecule has 1 aliphatic heterocycles. The number of rotatable bonds is 5. The zero-order valence-corrected chi connectivity index (χ0v) is 16.4. The van der Waals surface area contributed by atoms with Crippen LogP contribution < -0.4 is 11.1 Å². The lowest BCUT2D eigenvalue weighted by Gasteiger charge is -2.40. The van der Waals surface area contributed by atoms with E-state index in [4.69, 9.17) is 10.5 Å². The maximum Gasteiger partial charge on any atom is 0.323 e. The topological polar surface area (TPSA) is 80.1 Å². The molecular weight excluding hydrogens is 362 g/mol. The Bertz CT molecular complexity index is 1010. The van der Waals surface area contributed by atoms with E-state index in [1.165, 1.54) is 22.0 Å². The maximum absolute atomic E-state index is 12.4. The average Bonchev–Trinajstić information content (AvgIpc) is 3.17. The van der Waals surface area contributed by atoms with Gasteiger partial charge < -0.3 is 20.8 Å². The predicted molar refractivity (Wildman–Crippen MR) is 113 cm³/mol. The smallest absolute Gasteiger partial charge is 0.323 e. The second-order valence-electron chi connectivity index (χ2n) is 8.45. The molecule has 5 rings (SSSR count). The average molecular weight is 389 g/mol. The Labute approximate surface area is 170 Å². The first kappa shape index (κ1) is 18.4. The third-order valence-corrected chi connectivity index (χ3v) is 6.51. The van der Waals surface area contributed by atoms with E-state index in [-0.39, 0.29) is 12.6 Å². The number of carbonyl (C=O) groups is 1. The highest BCUT2D eigenvalue weighted by atomic mass is 16.5. The molecule has 5 nitrogen and oxygen atoms in total. The van der Waals surface area contributed by atoms with Crippen molar-refractivity contribution < 1.29 is 9.53 Å². The van der Waals surface area contributed by atoms with Gasteiger partial charge in [-0.25, -0.2) is 0 Å². The van der Waals surface area contributed by atoms with Crippen molar-refractivity contribution in [3.8, 4) is 0 Å². The number of hydrogen-bond acceptors (Lipinski definition) is 4. The Morgan fingerprint density at radius 2 is 2.03 bits per heavy atom. The van der Waals surface area contributed by atoms with E-state index in [1.807, 2.05) is 30.3 Å². The molecule has 2 aromatic carbocycles. The summed E-state index contributed by atoms with van der Waals surface area (Å²) in [5, 5.41) is 5.12. The number of hydrogen-bond donors (Lipinski definition) is 3. The van der Waals surface area contributed by atoms with Gasteiger partial charge in [-0.1, -0.05) is 42.5 Å². The first-order valence-corrected chi connectivity index (χ1v) is 10.5. The minimum Gasteiger partial charge on any atom is -0.460 e. The summed E-state index contributed by atoms with van der Waals surface area (Å²) < 4.78 is 5.43. The SMILES string of the molecule is NC(CC1CN[C@@H]2Cc3c[nH]c4cccc(c34)[C@H]2C1)C(=O)OCc1ccccc1. The molecule has 0 saturated carbocycles. The quantitative estimate of drug-likeness (QED) is 0.585. The van der Waals surface area contributed by atoms with Gasteiger partial charge in [0.15, 0.2) is 0 Å². The molecule has 3 aromatic rings. The Morgan fingerprint density at radius 1 is 1.17 bits per heavy atom. The molecule has 0 amide bonds. The molecule has 1 aromatic heterocycles. The molecule has 0 radical (unpaired) electrons. The van der Waals surface area contributed by atoms with E-state index in [9.17, 15) is 4.79 Å². The van der Waals surface area contributed by atoms with Gasteiger partial charge in [-0.05, 0) is 54.5 Å². The van der Waals surface area contributed by atoms with Crippen LogP contribution in [0.2, 0.25) is 0 Å². The van der Waals surface area contributed by atoms with Gasteiger partial charge in [0.05, 0.1) is 0 Å². The Balaban J connectivity index is 1.23. The zero-order valence-electron chi connectivity index (χ0n) is 16.4. The van der Waals surface area contributed by atoms with E-state index in [0.717, 1.165) is 24.9 Å².